The molecule has 2 aliphatic rings. The number of nitrogens with two attached hydrogens (primary N) is 1. The van der Waals surface area contributed by atoms with Crippen LogP contribution in [0.5, 0.6) is 0 Å². The molecule has 10 nitrogen and oxygen atoms in total. The van der Waals surface area contributed by atoms with Crippen molar-refractivity contribution in [3.05, 3.63) is 30.0 Å². The Hall–Kier alpha value is -2.91. The second-order valence-electron chi connectivity index (χ2n) is 9.92. The van der Waals surface area contributed by atoms with E-state index in [2.05, 4.69) is 4.99 Å². The highest BCUT2D eigenvalue weighted by molar-refractivity contribution is 5.99. The monoisotopic (exact) mass is 506 g/mol. The molecule has 0 aliphatic carbocycles. The zero-order valence-corrected chi connectivity index (χ0v) is 22.0. The highest BCUT2D eigenvalue weighted by atomic mass is 16.5. The SMILES string of the molecule is CC(=C=O)/C=C\C(=O)O.CC(CCC1CCC([N+]2(C)C=CC(N)=NC2=O)O1)C(=O)C(C(C)C)C(C)O. The Bertz CT molecular complexity index is 939. The van der Waals surface area contributed by atoms with Crippen LogP contribution >= 0.6 is 0 Å². The van der Waals surface area contributed by atoms with Gasteiger partial charge in [-0.05, 0) is 45.1 Å². The van der Waals surface area contributed by atoms with Crippen molar-refractivity contribution in [2.24, 2.45) is 28.5 Å². The Labute approximate surface area is 212 Å². The fraction of sp³-hybridized carbons (Fsp3) is 0.615. The molecule has 2 heterocycles. The van der Waals surface area contributed by atoms with E-state index in [-0.39, 0.29) is 57.8 Å². The number of ether oxygens (including phenoxy) is 1. The van der Waals surface area contributed by atoms with Gasteiger partial charge in [-0.2, -0.15) is 4.48 Å². The topological polar surface area (TPSA) is 156 Å². The lowest BCUT2D eigenvalue weighted by atomic mass is 9.80. The number of nitrogens with zero attached hydrogens (tertiary/aromatic N) is 2. The fourth-order valence-electron chi connectivity index (χ4n) is 4.32. The summed E-state index contributed by atoms with van der Waals surface area (Å²) in [6, 6.07) is -0.319. The average Bonchev–Trinajstić information content (AvgIpc) is 3.28. The number of hydrogen-bond acceptors (Lipinski definition) is 7. The number of carboxylic acid groups (broad SMARTS) is 1. The number of ketones is 1. The number of carbonyl (C=O) groups excluding carboxylic acids is 3. The summed E-state index contributed by atoms with van der Waals surface area (Å²) in [6.07, 6.45) is 7.65. The molecule has 6 atom stereocenters. The Kier molecular flexibility index (Phi) is 12.1. The first-order valence-corrected chi connectivity index (χ1v) is 12.2. The van der Waals surface area contributed by atoms with Gasteiger partial charge < -0.3 is 20.7 Å². The molecule has 0 aromatic rings. The summed E-state index contributed by atoms with van der Waals surface area (Å²) in [5.74, 6) is 0.463. The molecule has 36 heavy (non-hydrogen) atoms. The van der Waals surface area contributed by atoms with Crippen LogP contribution in [0.25, 0.3) is 0 Å². The van der Waals surface area contributed by atoms with Crippen LogP contribution in [0, 0.1) is 17.8 Å². The van der Waals surface area contributed by atoms with E-state index in [9.17, 15) is 24.3 Å². The average molecular weight is 507 g/mol. The number of quaternary nitrogens is 1. The van der Waals surface area contributed by atoms with Gasteiger partial charge in [0.1, 0.15) is 23.8 Å². The first kappa shape index (κ1) is 31.1. The smallest absolute Gasteiger partial charge is 0.451 e. The Balaban J connectivity index is 0.000000613. The maximum Gasteiger partial charge on any atom is 0.451 e. The van der Waals surface area contributed by atoms with Gasteiger partial charge in [-0.15, -0.1) is 4.99 Å². The fourth-order valence-corrected chi connectivity index (χ4v) is 4.32. The third-order valence-corrected chi connectivity index (χ3v) is 6.49. The van der Waals surface area contributed by atoms with E-state index in [1.165, 1.54) is 18.9 Å². The quantitative estimate of drug-likeness (QED) is 0.177. The number of Topliss-reactive ketones (excluding diaryl/α,β-unsaturated/α-hetero) is 1. The third kappa shape index (κ3) is 8.95. The number of aliphatic carboxylic acids is 1. The Morgan fingerprint density at radius 2 is 1.92 bits per heavy atom. The van der Waals surface area contributed by atoms with E-state index < -0.39 is 12.1 Å². The first-order valence-electron chi connectivity index (χ1n) is 12.2. The molecule has 0 bridgehead atoms. The predicted molar refractivity (Wildman–Crippen MR) is 135 cm³/mol. The van der Waals surface area contributed by atoms with Crippen molar-refractivity contribution >= 4 is 29.6 Å². The van der Waals surface area contributed by atoms with Crippen molar-refractivity contribution in [3.8, 4) is 0 Å². The minimum atomic E-state index is -1.07. The van der Waals surface area contributed by atoms with E-state index in [0.717, 1.165) is 25.3 Å². The number of aliphatic hydroxyl groups excluding tert-OH is 1. The summed E-state index contributed by atoms with van der Waals surface area (Å²) in [5, 5.41) is 18.0. The summed E-state index contributed by atoms with van der Waals surface area (Å²) < 4.78 is 6.10. The molecule has 2 aliphatic heterocycles. The zero-order chi connectivity index (χ0) is 27.6. The number of urea groups is 1. The maximum atomic E-state index is 12.7. The molecular formula is C26H40N3O7+. The minimum absolute atomic E-state index is 0.0219. The number of carbonyl (C=O) groups is 3. The van der Waals surface area contributed by atoms with Crippen molar-refractivity contribution in [2.75, 3.05) is 7.05 Å². The molecule has 1 saturated heterocycles. The van der Waals surface area contributed by atoms with Crippen molar-refractivity contribution < 1.29 is 38.6 Å². The molecule has 0 radical (unpaired) electrons. The molecule has 6 unspecified atom stereocenters. The molecule has 4 N–H and O–H groups in total. The van der Waals surface area contributed by atoms with Gasteiger partial charge in [0.2, 0.25) is 6.23 Å². The standard InChI is InChI=1S/C20H33N3O4.C6H6O3/c1-12(2)18(14(4)24)19(25)13(3)6-7-15-8-9-17(27-15)23(5)11-10-16(21)22-20(23)26;1-5(4-7)2-3-6(8)9/h10-15,17-18,24H,6-9H2,1-5H3,(H-,21,22,26);2-3H,1H3,(H,8,9)/p+1/b;3-2-. The number of carboxylic acids is 1. The van der Waals surface area contributed by atoms with Crippen molar-refractivity contribution in [1.82, 2.24) is 0 Å². The van der Waals surface area contributed by atoms with E-state index in [0.29, 0.717) is 6.42 Å². The Morgan fingerprint density at radius 3 is 2.42 bits per heavy atom. The van der Waals surface area contributed by atoms with Gasteiger partial charge in [-0.1, -0.05) is 20.8 Å². The van der Waals surface area contributed by atoms with Crippen molar-refractivity contribution in [3.63, 3.8) is 0 Å². The molecule has 0 spiro atoms. The summed E-state index contributed by atoms with van der Waals surface area (Å²) in [6.45, 7) is 9.02. The van der Waals surface area contributed by atoms with Crippen molar-refractivity contribution in [2.45, 2.75) is 78.7 Å². The summed E-state index contributed by atoms with van der Waals surface area (Å²) >= 11 is 0. The van der Waals surface area contributed by atoms with Crippen LogP contribution in [0.2, 0.25) is 0 Å². The number of aliphatic imine (C=N–C) groups is 1. The molecule has 2 rings (SSSR count). The van der Waals surface area contributed by atoms with Crippen LogP contribution in [-0.2, 0) is 19.1 Å². The van der Waals surface area contributed by atoms with Crippen LogP contribution in [0.15, 0.2) is 35.0 Å². The number of allylic oxidation sites excluding steroid dienone is 2. The second kappa shape index (κ2) is 14.0. The van der Waals surface area contributed by atoms with Crippen LogP contribution in [0.1, 0.15) is 60.3 Å². The summed E-state index contributed by atoms with van der Waals surface area (Å²) in [7, 11) is 1.78. The molecule has 0 aromatic heterocycles. The molecule has 1 fully saturated rings. The van der Waals surface area contributed by atoms with Gasteiger partial charge in [0.25, 0.3) is 0 Å². The normalized spacial score (nSPS) is 26.0. The van der Waals surface area contributed by atoms with E-state index in [1.54, 1.807) is 26.2 Å². The lowest BCUT2D eigenvalue weighted by Gasteiger charge is -2.32. The van der Waals surface area contributed by atoms with Crippen LogP contribution < -0.4 is 5.73 Å². The highest BCUT2D eigenvalue weighted by Crippen LogP contribution is 2.33. The zero-order valence-electron chi connectivity index (χ0n) is 22.0. The van der Waals surface area contributed by atoms with Gasteiger partial charge in [0, 0.05) is 36.0 Å². The van der Waals surface area contributed by atoms with Crippen LogP contribution in [-0.4, -0.2) is 69.7 Å². The third-order valence-electron chi connectivity index (χ3n) is 6.49. The van der Waals surface area contributed by atoms with Gasteiger partial charge in [-0.3, -0.25) is 4.79 Å². The molecule has 2 amide bonds. The van der Waals surface area contributed by atoms with Crippen LogP contribution in [0.4, 0.5) is 4.79 Å². The molecule has 0 saturated carbocycles. The maximum absolute atomic E-state index is 12.7. The van der Waals surface area contributed by atoms with Gasteiger partial charge in [0.05, 0.1) is 19.3 Å². The van der Waals surface area contributed by atoms with Gasteiger partial charge in [0.15, 0.2) is 0 Å². The van der Waals surface area contributed by atoms with E-state index in [4.69, 9.17) is 15.6 Å². The number of aliphatic hydroxyl groups is 1. The van der Waals surface area contributed by atoms with Gasteiger partial charge >= 0.3 is 12.0 Å². The first-order chi connectivity index (χ1) is 16.7. The molecule has 200 valence electrons. The predicted octanol–water partition coefficient (Wildman–Crippen LogP) is 2.99. The van der Waals surface area contributed by atoms with Crippen molar-refractivity contribution in [1.29, 1.82) is 0 Å². The lowest BCUT2D eigenvalue weighted by molar-refractivity contribution is -0.830. The number of amides is 2. The van der Waals surface area contributed by atoms with E-state index >= 15 is 0 Å². The van der Waals surface area contributed by atoms with Gasteiger partial charge in [-0.25, -0.2) is 14.4 Å². The minimum Gasteiger partial charge on any atom is -0.478 e. The number of hydrogen-bond donors (Lipinski definition) is 3. The number of amidine groups is 1. The van der Waals surface area contributed by atoms with E-state index in [1.807, 2.05) is 20.8 Å². The lowest BCUT2D eigenvalue weighted by Crippen LogP contribution is -2.53. The Morgan fingerprint density at radius 1 is 1.28 bits per heavy atom. The number of rotatable bonds is 10. The molecular weight excluding hydrogens is 466 g/mol. The molecule has 10 heteroatoms. The molecule has 0 aromatic carbocycles. The van der Waals surface area contributed by atoms with Crippen LogP contribution in [0.3, 0.4) is 0 Å². The summed E-state index contributed by atoms with van der Waals surface area (Å²) in [5.41, 5.74) is 5.87. The second-order valence-corrected chi connectivity index (χ2v) is 9.92. The summed E-state index contributed by atoms with van der Waals surface area (Å²) in [4.78, 5) is 48.3. The largest absolute Gasteiger partial charge is 0.478 e. The highest BCUT2D eigenvalue weighted by Gasteiger charge is 2.45.